The summed E-state index contributed by atoms with van der Waals surface area (Å²) >= 11 is 0. The van der Waals surface area contributed by atoms with Crippen molar-refractivity contribution in [1.29, 1.82) is 0 Å². The Morgan fingerprint density at radius 3 is 2.85 bits per heavy atom. The Bertz CT molecular complexity index is 972. The number of carbonyl (C=O) groups is 1. The minimum absolute atomic E-state index is 0.193. The lowest BCUT2D eigenvalue weighted by Crippen LogP contribution is -2.14. The monoisotopic (exact) mass is 351 g/mol. The Kier molecular flexibility index (Phi) is 5.31. The zero-order valence-electron chi connectivity index (χ0n) is 14.9. The van der Waals surface area contributed by atoms with E-state index in [2.05, 4.69) is 16.9 Å². The topological polar surface area (TPSA) is 77.0 Å². The molecule has 6 heteroatoms. The van der Waals surface area contributed by atoms with Crippen LogP contribution in [0.1, 0.15) is 35.1 Å². The van der Waals surface area contributed by atoms with Crippen LogP contribution < -0.4 is 5.56 Å². The van der Waals surface area contributed by atoms with Crippen LogP contribution in [0.25, 0.3) is 11.1 Å². The Morgan fingerprint density at radius 2 is 2.12 bits per heavy atom. The quantitative estimate of drug-likeness (QED) is 0.693. The molecule has 2 heterocycles. The van der Waals surface area contributed by atoms with Crippen LogP contribution in [0.5, 0.6) is 0 Å². The molecule has 0 aliphatic carbocycles. The second kappa shape index (κ2) is 7.82. The van der Waals surface area contributed by atoms with E-state index < -0.39 is 5.97 Å². The van der Waals surface area contributed by atoms with Crippen LogP contribution in [0.2, 0.25) is 0 Å². The molecular weight excluding hydrogens is 330 g/mol. The fourth-order valence-corrected chi connectivity index (χ4v) is 2.90. The lowest BCUT2D eigenvalue weighted by atomic mass is 10.0. The molecule has 2 aromatic heterocycles. The zero-order chi connectivity index (χ0) is 18.5. The summed E-state index contributed by atoms with van der Waals surface area (Å²) in [6.45, 7) is 2.68. The van der Waals surface area contributed by atoms with Crippen molar-refractivity contribution >= 4 is 5.97 Å². The van der Waals surface area contributed by atoms with Gasteiger partial charge in [0.2, 0.25) is 0 Å². The van der Waals surface area contributed by atoms with Gasteiger partial charge in [0.15, 0.2) is 0 Å². The molecule has 0 amide bonds. The normalized spacial score (nSPS) is 10.7. The molecule has 3 aromatic rings. The Hall–Kier alpha value is -3.15. The summed E-state index contributed by atoms with van der Waals surface area (Å²) in [5.74, 6) is -0.427. The predicted octanol–water partition coefficient (Wildman–Crippen LogP) is 3.03. The van der Waals surface area contributed by atoms with Gasteiger partial charge in [0.25, 0.3) is 5.56 Å². The summed E-state index contributed by atoms with van der Waals surface area (Å²) in [6.07, 6.45) is 5.62. The number of nitrogens with zero attached hydrogens (tertiary/aromatic N) is 2. The molecule has 0 aliphatic heterocycles. The number of nitrogens with one attached hydrogen (secondary N) is 1. The van der Waals surface area contributed by atoms with E-state index in [0.29, 0.717) is 23.2 Å². The van der Waals surface area contributed by atoms with Gasteiger partial charge in [-0.15, -0.1) is 0 Å². The van der Waals surface area contributed by atoms with Crippen molar-refractivity contribution < 1.29 is 9.53 Å². The van der Waals surface area contributed by atoms with Crippen LogP contribution >= 0.6 is 0 Å². The van der Waals surface area contributed by atoms with Crippen molar-refractivity contribution in [2.75, 3.05) is 7.11 Å². The van der Waals surface area contributed by atoms with Crippen LogP contribution in [0.4, 0.5) is 0 Å². The number of esters is 1. The molecule has 1 N–H and O–H groups in total. The maximum atomic E-state index is 12.5. The van der Waals surface area contributed by atoms with Crippen molar-refractivity contribution in [2.45, 2.75) is 26.3 Å². The number of rotatable bonds is 6. The van der Waals surface area contributed by atoms with E-state index in [-0.39, 0.29) is 5.56 Å². The van der Waals surface area contributed by atoms with Gasteiger partial charge in [0.1, 0.15) is 0 Å². The minimum Gasteiger partial charge on any atom is -0.465 e. The molecule has 0 bridgehead atoms. The van der Waals surface area contributed by atoms with Gasteiger partial charge in [-0.3, -0.25) is 4.79 Å². The van der Waals surface area contributed by atoms with Gasteiger partial charge in [0.05, 0.1) is 25.5 Å². The lowest BCUT2D eigenvalue weighted by Gasteiger charge is -2.09. The molecule has 0 saturated heterocycles. The van der Waals surface area contributed by atoms with Gasteiger partial charge < -0.3 is 14.3 Å². The molecule has 26 heavy (non-hydrogen) atoms. The van der Waals surface area contributed by atoms with Gasteiger partial charge in [-0.1, -0.05) is 25.5 Å². The number of aromatic amines is 1. The van der Waals surface area contributed by atoms with E-state index in [1.807, 2.05) is 16.8 Å². The molecule has 134 valence electrons. The minimum atomic E-state index is -0.427. The number of methoxy groups -OCH3 is 1. The Labute approximate surface area is 151 Å². The first-order chi connectivity index (χ1) is 12.6. The summed E-state index contributed by atoms with van der Waals surface area (Å²) in [7, 11) is 1.33. The predicted molar refractivity (Wildman–Crippen MR) is 99.2 cm³/mol. The third kappa shape index (κ3) is 3.74. The molecule has 0 saturated carbocycles. The van der Waals surface area contributed by atoms with E-state index in [0.717, 1.165) is 24.2 Å². The number of benzene rings is 1. The lowest BCUT2D eigenvalue weighted by molar-refractivity contribution is 0.0601. The van der Waals surface area contributed by atoms with Crippen LogP contribution in [-0.2, 0) is 17.7 Å². The number of aromatic nitrogens is 3. The second-order valence-corrected chi connectivity index (χ2v) is 6.06. The number of aryl methyl sites for hydroxylation is 1. The molecule has 0 spiro atoms. The van der Waals surface area contributed by atoms with E-state index in [9.17, 15) is 9.59 Å². The molecule has 6 nitrogen and oxygen atoms in total. The van der Waals surface area contributed by atoms with Crippen LogP contribution in [-0.4, -0.2) is 27.6 Å². The number of imidazole rings is 1. The average Bonchev–Trinajstić information content (AvgIpc) is 3.08. The highest BCUT2D eigenvalue weighted by molar-refractivity contribution is 5.90. The zero-order valence-corrected chi connectivity index (χ0v) is 14.9. The summed E-state index contributed by atoms with van der Waals surface area (Å²) in [5, 5.41) is 0. The molecule has 1 aromatic carbocycles. The van der Waals surface area contributed by atoms with Gasteiger partial charge in [0, 0.05) is 23.1 Å². The number of H-pyrrole nitrogens is 1. The first-order valence-electron chi connectivity index (χ1n) is 8.52. The summed E-state index contributed by atoms with van der Waals surface area (Å²) in [6, 6.07) is 10.5. The van der Waals surface area contributed by atoms with Crippen molar-refractivity contribution in [3.05, 3.63) is 76.2 Å². The maximum absolute atomic E-state index is 12.5. The van der Waals surface area contributed by atoms with Gasteiger partial charge in [-0.25, -0.2) is 9.78 Å². The molecule has 0 radical (unpaired) electrons. The number of carbonyl (C=O) groups excluding carboxylic acids is 1. The molecule has 0 unspecified atom stereocenters. The smallest absolute Gasteiger partial charge is 0.337 e. The second-order valence-electron chi connectivity index (χ2n) is 6.06. The molecule has 0 fully saturated rings. The van der Waals surface area contributed by atoms with Crippen LogP contribution in [0.3, 0.4) is 0 Å². The van der Waals surface area contributed by atoms with Gasteiger partial charge in [-0.2, -0.15) is 0 Å². The summed E-state index contributed by atoms with van der Waals surface area (Å²) < 4.78 is 6.77. The standard InChI is InChI=1S/C20H21N3O3/c1-3-5-17-11-21-13-23(17)12-16-8-9-18(19(24)22-16)14-6-4-7-15(10-14)20(25)26-2/h4,6-11,13H,3,5,12H2,1-2H3,(H,22,24). The highest BCUT2D eigenvalue weighted by Gasteiger charge is 2.10. The Morgan fingerprint density at radius 1 is 1.27 bits per heavy atom. The van der Waals surface area contributed by atoms with E-state index in [1.165, 1.54) is 7.11 Å². The molecule has 3 rings (SSSR count). The third-order valence-corrected chi connectivity index (χ3v) is 4.21. The van der Waals surface area contributed by atoms with Gasteiger partial charge >= 0.3 is 5.97 Å². The summed E-state index contributed by atoms with van der Waals surface area (Å²) in [4.78, 5) is 31.3. The van der Waals surface area contributed by atoms with Gasteiger partial charge in [-0.05, 0) is 36.2 Å². The third-order valence-electron chi connectivity index (χ3n) is 4.21. The number of hydrogen-bond donors (Lipinski definition) is 1. The average molecular weight is 351 g/mol. The number of pyridine rings is 1. The van der Waals surface area contributed by atoms with E-state index in [1.54, 1.807) is 36.7 Å². The molecular formula is C20H21N3O3. The van der Waals surface area contributed by atoms with Crippen molar-refractivity contribution in [3.8, 4) is 11.1 Å². The number of ether oxygens (including phenoxy) is 1. The summed E-state index contributed by atoms with van der Waals surface area (Å²) in [5.41, 5.74) is 3.35. The van der Waals surface area contributed by atoms with E-state index >= 15 is 0 Å². The van der Waals surface area contributed by atoms with Crippen LogP contribution in [0, 0.1) is 0 Å². The molecule has 0 aliphatic rings. The highest BCUT2D eigenvalue weighted by Crippen LogP contribution is 2.18. The Balaban J connectivity index is 1.87. The first-order valence-corrected chi connectivity index (χ1v) is 8.52. The van der Waals surface area contributed by atoms with Crippen molar-refractivity contribution in [1.82, 2.24) is 14.5 Å². The SMILES string of the molecule is CCCc1cncn1Cc1ccc(-c2cccc(C(=O)OC)c2)c(=O)[nH]1. The number of hydrogen-bond acceptors (Lipinski definition) is 4. The fraction of sp³-hybridized carbons (Fsp3) is 0.250. The largest absolute Gasteiger partial charge is 0.465 e. The van der Waals surface area contributed by atoms with E-state index in [4.69, 9.17) is 4.74 Å². The maximum Gasteiger partial charge on any atom is 0.337 e. The van der Waals surface area contributed by atoms with Crippen molar-refractivity contribution in [2.24, 2.45) is 0 Å². The first kappa shape index (κ1) is 17.7. The molecule has 0 atom stereocenters. The van der Waals surface area contributed by atoms with Crippen LogP contribution in [0.15, 0.2) is 53.7 Å². The van der Waals surface area contributed by atoms with Crippen molar-refractivity contribution in [3.63, 3.8) is 0 Å². The fourth-order valence-electron chi connectivity index (χ4n) is 2.90. The highest BCUT2D eigenvalue weighted by atomic mass is 16.5.